The van der Waals surface area contributed by atoms with E-state index in [9.17, 15) is 4.79 Å². The number of benzene rings is 2. The lowest BCUT2D eigenvalue weighted by atomic mass is 10.0. The lowest BCUT2D eigenvalue weighted by molar-refractivity contribution is -0.129. The van der Waals surface area contributed by atoms with Crippen LogP contribution in [-0.4, -0.2) is 37.6 Å². The van der Waals surface area contributed by atoms with Gasteiger partial charge >= 0.3 is 0 Å². The van der Waals surface area contributed by atoms with E-state index in [-0.39, 0.29) is 25.3 Å². The Morgan fingerprint density at radius 1 is 0.968 bits per heavy atom. The number of amides is 1. The molecule has 0 aliphatic carbocycles. The number of methoxy groups -OCH3 is 1. The van der Waals surface area contributed by atoms with Gasteiger partial charge in [0.05, 0.1) is 38.6 Å². The minimum atomic E-state index is -0.0971. The first kappa shape index (κ1) is 23.8. The van der Waals surface area contributed by atoms with Gasteiger partial charge in [0.1, 0.15) is 5.75 Å². The molecule has 31 heavy (non-hydrogen) atoms. The smallest absolute Gasteiger partial charge is 0.242 e. The van der Waals surface area contributed by atoms with Gasteiger partial charge in [-0.05, 0) is 41.3 Å². The van der Waals surface area contributed by atoms with Crippen LogP contribution in [0.15, 0.2) is 48.5 Å². The first-order chi connectivity index (χ1) is 15.0. The number of hydrogen-bond acceptors (Lipinski definition) is 5. The molecule has 0 aliphatic heterocycles. The van der Waals surface area contributed by atoms with Crippen molar-refractivity contribution in [2.45, 2.75) is 39.2 Å². The molecule has 0 N–H and O–H groups in total. The van der Waals surface area contributed by atoms with Crippen LogP contribution >= 0.6 is 0 Å². The fourth-order valence-corrected chi connectivity index (χ4v) is 3.25. The summed E-state index contributed by atoms with van der Waals surface area (Å²) in [5, 5.41) is 17.8. The summed E-state index contributed by atoms with van der Waals surface area (Å²) in [7, 11) is 1.62. The molecule has 0 fully saturated rings. The summed E-state index contributed by atoms with van der Waals surface area (Å²) in [4.78, 5) is 16.7. The van der Waals surface area contributed by atoms with E-state index in [1.807, 2.05) is 29.2 Å². The molecule has 0 bridgehead atoms. The van der Waals surface area contributed by atoms with Crippen molar-refractivity contribution in [2.24, 2.45) is 0 Å². The number of nitrogens with zero attached hydrogens (tertiary/aromatic N) is 4. The minimum Gasteiger partial charge on any atom is -0.497 e. The van der Waals surface area contributed by atoms with Crippen molar-refractivity contribution >= 4 is 11.6 Å². The predicted octanol–water partition coefficient (Wildman–Crippen LogP) is 4.48. The third-order valence-electron chi connectivity index (χ3n) is 5.12. The molecule has 0 saturated carbocycles. The molecule has 0 heterocycles. The van der Waals surface area contributed by atoms with Crippen LogP contribution in [0.5, 0.6) is 5.75 Å². The molecular weight excluding hydrogens is 388 g/mol. The zero-order valence-corrected chi connectivity index (χ0v) is 18.5. The van der Waals surface area contributed by atoms with Crippen molar-refractivity contribution in [2.75, 3.05) is 31.6 Å². The number of carbonyl (C=O) groups excluding carboxylic acids is 1. The van der Waals surface area contributed by atoms with E-state index in [0.29, 0.717) is 25.6 Å². The second kappa shape index (κ2) is 12.2. The molecule has 0 aliphatic rings. The van der Waals surface area contributed by atoms with Gasteiger partial charge in [0.25, 0.3) is 0 Å². The van der Waals surface area contributed by atoms with Gasteiger partial charge in [-0.1, -0.05) is 38.1 Å². The van der Waals surface area contributed by atoms with Crippen molar-refractivity contribution < 1.29 is 9.53 Å². The van der Waals surface area contributed by atoms with Gasteiger partial charge in [-0.3, -0.25) is 4.79 Å². The van der Waals surface area contributed by atoms with Gasteiger partial charge in [-0.25, -0.2) is 0 Å². The topological polar surface area (TPSA) is 80.4 Å². The van der Waals surface area contributed by atoms with Crippen molar-refractivity contribution in [3.63, 3.8) is 0 Å². The normalized spacial score (nSPS) is 10.3. The highest BCUT2D eigenvalue weighted by atomic mass is 16.5. The van der Waals surface area contributed by atoms with Crippen LogP contribution in [0.4, 0.5) is 5.69 Å². The zero-order chi connectivity index (χ0) is 22.6. The number of carbonyl (C=O) groups is 1. The average molecular weight is 419 g/mol. The van der Waals surface area contributed by atoms with Crippen LogP contribution in [0, 0.1) is 22.7 Å². The van der Waals surface area contributed by atoms with Gasteiger partial charge < -0.3 is 14.5 Å². The summed E-state index contributed by atoms with van der Waals surface area (Å²) in [5.74, 6) is 1.11. The lowest BCUT2D eigenvalue weighted by Gasteiger charge is -2.28. The van der Waals surface area contributed by atoms with Gasteiger partial charge in [-0.15, -0.1) is 0 Å². The van der Waals surface area contributed by atoms with E-state index in [2.05, 4.69) is 50.3 Å². The molecular formula is C25H30N4O2. The number of hydrogen-bond donors (Lipinski definition) is 0. The second-order valence-corrected chi connectivity index (χ2v) is 7.65. The molecule has 0 saturated heterocycles. The Morgan fingerprint density at radius 2 is 1.55 bits per heavy atom. The summed E-state index contributed by atoms with van der Waals surface area (Å²) in [6.07, 6.45) is 0.493. The fraction of sp³-hybridized carbons (Fsp3) is 0.400. The van der Waals surface area contributed by atoms with E-state index < -0.39 is 0 Å². The molecule has 0 unspecified atom stereocenters. The van der Waals surface area contributed by atoms with Gasteiger partial charge in [0.2, 0.25) is 5.91 Å². The van der Waals surface area contributed by atoms with Crippen LogP contribution in [0.25, 0.3) is 0 Å². The predicted molar refractivity (Wildman–Crippen MR) is 122 cm³/mol. The molecule has 2 aromatic rings. The van der Waals surface area contributed by atoms with Crippen molar-refractivity contribution in [3.8, 4) is 17.9 Å². The first-order valence-electron chi connectivity index (χ1n) is 10.5. The molecule has 162 valence electrons. The Morgan fingerprint density at radius 3 is 2.03 bits per heavy atom. The Kier molecular flexibility index (Phi) is 9.39. The SMILES string of the molecule is COc1ccc(N(CC(=O)N(CCC#N)CCC#N)Cc2ccc(C(C)C)cc2)cc1. The van der Waals surface area contributed by atoms with E-state index in [4.69, 9.17) is 15.3 Å². The molecule has 6 heteroatoms. The Balaban J connectivity index is 2.24. The maximum Gasteiger partial charge on any atom is 0.242 e. The third-order valence-corrected chi connectivity index (χ3v) is 5.12. The minimum absolute atomic E-state index is 0.0971. The summed E-state index contributed by atoms with van der Waals surface area (Å²) in [6, 6.07) is 20.2. The Bertz CT molecular complexity index is 891. The largest absolute Gasteiger partial charge is 0.497 e. The van der Waals surface area contributed by atoms with Gasteiger partial charge in [-0.2, -0.15) is 10.5 Å². The van der Waals surface area contributed by atoms with E-state index in [0.717, 1.165) is 17.0 Å². The molecule has 1 amide bonds. The molecule has 0 spiro atoms. The molecule has 2 aromatic carbocycles. The number of rotatable bonds is 11. The quantitative estimate of drug-likeness (QED) is 0.537. The van der Waals surface area contributed by atoms with Crippen LogP contribution < -0.4 is 9.64 Å². The highest BCUT2D eigenvalue weighted by Crippen LogP contribution is 2.22. The average Bonchev–Trinajstić information content (AvgIpc) is 2.79. The summed E-state index contributed by atoms with van der Waals surface area (Å²) < 4.78 is 5.26. The zero-order valence-electron chi connectivity index (χ0n) is 18.5. The maximum absolute atomic E-state index is 13.0. The van der Waals surface area contributed by atoms with E-state index in [1.165, 1.54) is 5.56 Å². The van der Waals surface area contributed by atoms with Crippen molar-refractivity contribution in [1.29, 1.82) is 10.5 Å². The Hall–Kier alpha value is -3.51. The summed E-state index contributed by atoms with van der Waals surface area (Å²) in [5.41, 5.74) is 3.28. The molecule has 6 nitrogen and oxygen atoms in total. The molecule has 0 atom stereocenters. The van der Waals surface area contributed by atoms with Crippen LogP contribution in [-0.2, 0) is 11.3 Å². The second-order valence-electron chi connectivity index (χ2n) is 7.65. The van der Waals surface area contributed by atoms with Crippen molar-refractivity contribution in [3.05, 3.63) is 59.7 Å². The maximum atomic E-state index is 13.0. The molecule has 0 radical (unpaired) electrons. The van der Waals surface area contributed by atoms with Gasteiger partial charge in [0.15, 0.2) is 0 Å². The standard InChI is InChI=1S/C25H30N4O2/c1-20(2)22-8-6-21(7-9-22)18-29(23-10-12-24(31-3)13-11-23)19-25(30)28(16-4-14-26)17-5-15-27/h6-13,20H,4-5,16-19H2,1-3H3. The molecule has 0 aromatic heterocycles. The first-order valence-corrected chi connectivity index (χ1v) is 10.5. The summed E-state index contributed by atoms with van der Waals surface area (Å²) in [6.45, 7) is 5.71. The van der Waals surface area contributed by atoms with E-state index >= 15 is 0 Å². The number of anilines is 1. The summed E-state index contributed by atoms with van der Waals surface area (Å²) >= 11 is 0. The van der Waals surface area contributed by atoms with E-state index in [1.54, 1.807) is 12.0 Å². The van der Waals surface area contributed by atoms with Crippen molar-refractivity contribution in [1.82, 2.24) is 4.90 Å². The fourth-order valence-electron chi connectivity index (χ4n) is 3.25. The lowest BCUT2D eigenvalue weighted by Crippen LogP contribution is -2.41. The highest BCUT2D eigenvalue weighted by molar-refractivity contribution is 5.81. The van der Waals surface area contributed by atoms with Crippen LogP contribution in [0.2, 0.25) is 0 Å². The number of nitriles is 2. The monoisotopic (exact) mass is 418 g/mol. The number of ether oxygens (including phenoxy) is 1. The van der Waals surface area contributed by atoms with Crippen LogP contribution in [0.3, 0.4) is 0 Å². The third kappa shape index (κ3) is 7.35. The van der Waals surface area contributed by atoms with Crippen LogP contribution in [0.1, 0.15) is 43.7 Å². The van der Waals surface area contributed by atoms with Gasteiger partial charge in [0, 0.05) is 25.3 Å². The molecule has 2 rings (SSSR count). The Labute approximate surface area is 185 Å². The highest BCUT2D eigenvalue weighted by Gasteiger charge is 2.18.